The fraction of sp³-hybridized carbons (Fsp3) is 0.692. The Morgan fingerprint density at radius 1 is 0.929 bits per heavy atom. The summed E-state index contributed by atoms with van der Waals surface area (Å²) in [7, 11) is 0. The highest BCUT2D eigenvalue weighted by molar-refractivity contribution is 5.55. The van der Waals surface area contributed by atoms with Gasteiger partial charge in [-0.25, -0.2) is 4.39 Å². The molecule has 28 heavy (non-hydrogen) atoms. The number of fused-ring (bicyclic) bond motifs is 5. The van der Waals surface area contributed by atoms with Crippen LogP contribution in [0.15, 0.2) is 29.8 Å². The molecule has 1 aromatic rings. The third kappa shape index (κ3) is 2.74. The molecule has 4 fully saturated rings. The summed E-state index contributed by atoms with van der Waals surface area (Å²) in [4.78, 5) is 0. The Labute approximate surface area is 169 Å². The van der Waals surface area contributed by atoms with E-state index in [1.54, 1.807) is 0 Å². The lowest BCUT2D eigenvalue weighted by molar-refractivity contribution is -0.119. The molecule has 1 nitrogen and oxygen atoms in total. The Bertz CT molecular complexity index is 767. The molecular weight excluding hydrogens is 347 g/mol. The first kappa shape index (κ1) is 18.9. The number of aliphatic hydroxyl groups is 1. The molecular formula is C26H35FO. The molecule has 2 heteroatoms. The van der Waals surface area contributed by atoms with E-state index in [9.17, 15) is 9.50 Å². The van der Waals surface area contributed by atoms with E-state index in [-0.39, 0.29) is 17.3 Å². The molecule has 0 amide bonds. The van der Waals surface area contributed by atoms with Crippen molar-refractivity contribution < 1.29 is 9.50 Å². The molecule has 4 aliphatic rings. The van der Waals surface area contributed by atoms with E-state index in [2.05, 4.69) is 19.9 Å². The Balaban J connectivity index is 1.45. The summed E-state index contributed by atoms with van der Waals surface area (Å²) >= 11 is 0. The molecule has 0 aliphatic heterocycles. The summed E-state index contributed by atoms with van der Waals surface area (Å²) in [5.74, 6) is 2.96. The predicted octanol–water partition coefficient (Wildman–Crippen LogP) is 6.61. The zero-order valence-electron chi connectivity index (χ0n) is 17.5. The lowest BCUT2D eigenvalue weighted by Crippen LogP contribution is -2.53. The predicted molar refractivity (Wildman–Crippen MR) is 112 cm³/mol. The van der Waals surface area contributed by atoms with E-state index in [1.807, 2.05) is 12.1 Å². The van der Waals surface area contributed by atoms with Gasteiger partial charge in [0.2, 0.25) is 0 Å². The molecule has 0 bridgehead atoms. The van der Waals surface area contributed by atoms with Crippen LogP contribution in [0.2, 0.25) is 0 Å². The van der Waals surface area contributed by atoms with Crippen LogP contribution in [0.1, 0.15) is 77.2 Å². The summed E-state index contributed by atoms with van der Waals surface area (Å²) in [6, 6.07) is 6.69. The van der Waals surface area contributed by atoms with Crippen molar-refractivity contribution in [2.75, 3.05) is 0 Å². The second-order valence-corrected chi connectivity index (χ2v) is 10.8. The Hall–Kier alpha value is -1.15. The molecule has 0 unspecified atom stereocenters. The van der Waals surface area contributed by atoms with Crippen LogP contribution in [0.5, 0.6) is 0 Å². The third-order valence-electron chi connectivity index (χ3n) is 9.67. The molecule has 5 rings (SSSR count). The summed E-state index contributed by atoms with van der Waals surface area (Å²) in [6.07, 6.45) is 13.7. The third-order valence-corrected chi connectivity index (χ3v) is 9.67. The number of rotatable bonds is 1. The summed E-state index contributed by atoms with van der Waals surface area (Å²) < 4.78 is 13.3. The molecule has 1 aromatic carbocycles. The molecule has 0 spiro atoms. The summed E-state index contributed by atoms with van der Waals surface area (Å²) in [6.45, 7) is 4.95. The van der Waals surface area contributed by atoms with Crippen LogP contribution in [0, 0.1) is 40.3 Å². The normalized spacial score (nSPS) is 46.7. The zero-order valence-corrected chi connectivity index (χ0v) is 17.5. The van der Waals surface area contributed by atoms with Crippen molar-refractivity contribution >= 4 is 6.08 Å². The average molecular weight is 383 g/mol. The van der Waals surface area contributed by atoms with E-state index >= 15 is 0 Å². The standard InChI is InChI=1S/C26H35FO/c1-25-13-4-3-5-19(25)8-11-21-22(25)12-14-26(2)23(21)16-18(24(26)28)15-17-6-9-20(27)10-7-17/h6-7,9-10,15,19,21-24,28H,3-5,8,11-14,16H2,1-2H3/b18-15+/t19-,21-,22+,23-,24-,25+,26+/m1/s1. The molecule has 1 N–H and O–H groups in total. The zero-order chi connectivity index (χ0) is 19.5. The topological polar surface area (TPSA) is 20.2 Å². The van der Waals surface area contributed by atoms with E-state index in [1.165, 1.54) is 62.7 Å². The first-order chi connectivity index (χ1) is 13.4. The first-order valence-electron chi connectivity index (χ1n) is 11.6. The average Bonchev–Trinajstić information content (AvgIpc) is 2.94. The van der Waals surface area contributed by atoms with Gasteiger partial charge in [0.1, 0.15) is 5.82 Å². The molecule has 0 saturated heterocycles. The minimum Gasteiger partial charge on any atom is -0.388 e. The minimum atomic E-state index is -0.347. The van der Waals surface area contributed by atoms with Gasteiger partial charge in [0, 0.05) is 5.41 Å². The first-order valence-corrected chi connectivity index (χ1v) is 11.6. The van der Waals surface area contributed by atoms with Crippen LogP contribution >= 0.6 is 0 Å². The Kier molecular flexibility index (Phi) is 4.50. The van der Waals surface area contributed by atoms with Crippen molar-refractivity contribution in [3.8, 4) is 0 Å². The van der Waals surface area contributed by atoms with Gasteiger partial charge in [0.15, 0.2) is 0 Å². The SMILES string of the molecule is C[C@]12CCCC[C@@H]1CC[C@H]1[C@H]3C/C(=C\c4ccc(F)cc4)[C@@H](O)[C@@]3(C)CC[C@@H]12. The molecule has 0 aromatic heterocycles. The van der Waals surface area contributed by atoms with Crippen LogP contribution < -0.4 is 0 Å². The lowest BCUT2D eigenvalue weighted by Gasteiger charge is -2.60. The van der Waals surface area contributed by atoms with E-state index < -0.39 is 0 Å². The molecule has 152 valence electrons. The number of hydrogen-bond acceptors (Lipinski definition) is 1. The monoisotopic (exact) mass is 382 g/mol. The van der Waals surface area contributed by atoms with Crippen molar-refractivity contribution in [1.82, 2.24) is 0 Å². The maximum absolute atomic E-state index is 13.3. The molecule has 0 radical (unpaired) electrons. The maximum atomic E-state index is 13.3. The van der Waals surface area contributed by atoms with Crippen LogP contribution in [0.25, 0.3) is 6.08 Å². The van der Waals surface area contributed by atoms with Crippen LogP contribution in [-0.2, 0) is 0 Å². The van der Waals surface area contributed by atoms with Gasteiger partial charge in [-0.15, -0.1) is 0 Å². The number of halogens is 1. The molecule has 4 aliphatic carbocycles. The minimum absolute atomic E-state index is 0.0187. The van der Waals surface area contributed by atoms with E-state index in [0.717, 1.165) is 36.2 Å². The summed E-state index contributed by atoms with van der Waals surface area (Å²) in [5, 5.41) is 11.3. The largest absolute Gasteiger partial charge is 0.388 e. The smallest absolute Gasteiger partial charge is 0.123 e. The van der Waals surface area contributed by atoms with Gasteiger partial charge < -0.3 is 5.11 Å². The van der Waals surface area contributed by atoms with Crippen molar-refractivity contribution in [3.63, 3.8) is 0 Å². The Morgan fingerprint density at radius 2 is 1.71 bits per heavy atom. The highest BCUT2D eigenvalue weighted by Gasteiger charge is 2.60. The van der Waals surface area contributed by atoms with Crippen molar-refractivity contribution in [3.05, 3.63) is 41.2 Å². The number of aliphatic hydroxyl groups excluding tert-OH is 1. The molecule has 4 saturated carbocycles. The van der Waals surface area contributed by atoms with Gasteiger partial charge in [0.25, 0.3) is 0 Å². The molecule has 0 heterocycles. The van der Waals surface area contributed by atoms with Gasteiger partial charge in [-0.1, -0.05) is 44.9 Å². The van der Waals surface area contributed by atoms with Crippen LogP contribution in [0.4, 0.5) is 4.39 Å². The van der Waals surface area contributed by atoms with Crippen molar-refractivity contribution in [1.29, 1.82) is 0 Å². The fourth-order valence-electron chi connectivity index (χ4n) is 8.07. The fourth-order valence-corrected chi connectivity index (χ4v) is 8.07. The van der Waals surface area contributed by atoms with Crippen LogP contribution in [0.3, 0.4) is 0 Å². The van der Waals surface area contributed by atoms with Gasteiger partial charge in [0.05, 0.1) is 6.10 Å². The second-order valence-electron chi connectivity index (χ2n) is 10.8. The second kappa shape index (κ2) is 6.69. The maximum Gasteiger partial charge on any atom is 0.123 e. The van der Waals surface area contributed by atoms with E-state index in [0.29, 0.717) is 11.3 Å². The van der Waals surface area contributed by atoms with Gasteiger partial charge in [-0.05, 0) is 97.3 Å². The molecule has 7 atom stereocenters. The highest BCUT2D eigenvalue weighted by atomic mass is 19.1. The summed E-state index contributed by atoms with van der Waals surface area (Å²) in [5.41, 5.74) is 2.75. The Morgan fingerprint density at radius 3 is 2.50 bits per heavy atom. The van der Waals surface area contributed by atoms with Crippen molar-refractivity contribution in [2.45, 2.75) is 77.7 Å². The van der Waals surface area contributed by atoms with Crippen molar-refractivity contribution in [2.24, 2.45) is 34.5 Å². The number of benzene rings is 1. The van der Waals surface area contributed by atoms with Gasteiger partial charge in [-0.3, -0.25) is 0 Å². The number of hydrogen-bond donors (Lipinski definition) is 1. The lowest BCUT2D eigenvalue weighted by atomic mass is 9.45. The van der Waals surface area contributed by atoms with Gasteiger partial charge >= 0.3 is 0 Å². The van der Waals surface area contributed by atoms with Gasteiger partial charge in [-0.2, -0.15) is 0 Å². The van der Waals surface area contributed by atoms with E-state index in [4.69, 9.17) is 0 Å². The highest BCUT2D eigenvalue weighted by Crippen LogP contribution is 2.67. The quantitative estimate of drug-likeness (QED) is 0.579. The van der Waals surface area contributed by atoms with Crippen LogP contribution in [-0.4, -0.2) is 11.2 Å².